The molecule has 1 atom stereocenters. The third kappa shape index (κ3) is 5.88. The van der Waals surface area contributed by atoms with Gasteiger partial charge in [0, 0.05) is 11.6 Å². The van der Waals surface area contributed by atoms with Crippen LogP contribution in [-0.4, -0.2) is 43.9 Å². The zero-order valence-electron chi connectivity index (χ0n) is 12.7. The number of carbonyl (C=O) groups is 1. The summed E-state index contributed by atoms with van der Waals surface area (Å²) < 4.78 is 17.8. The number of nitrogens with one attached hydrogen (secondary N) is 2. The molecule has 1 heterocycles. The summed E-state index contributed by atoms with van der Waals surface area (Å²) in [6.07, 6.45) is 0.597. The first-order valence-electron chi connectivity index (χ1n) is 6.99. The number of hydrogen-bond acceptors (Lipinski definition) is 4. The minimum atomic E-state index is -0.591. The van der Waals surface area contributed by atoms with E-state index in [1.54, 1.807) is 19.9 Å². The molecule has 7 heteroatoms. The number of aliphatic hydroxyl groups excluding tert-OH is 1. The Morgan fingerprint density at radius 1 is 1.59 bits per heavy atom. The summed E-state index contributed by atoms with van der Waals surface area (Å²) in [5.74, 6) is -0.388. The van der Waals surface area contributed by atoms with Gasteiger partial charge < -0.3 is 20.5 Å². The first-order valence-corrected chi connectivity index (χ1v) is 7.37. The molecule has 1 aliphatic rings. The van der Waals surface area contributed by atoms with E-state index in [2.05, 4.69) is 10.6 Å². The van der Waals surface area contributed by atoms with E-state index in [0.717, 1.165) is 13.2 Å². The van der Waals surface area contributed by atoms with Crippen molar-refractivity contribution in [1.29, 1.82) is 0 Å². The van der Waals surface area contributed by atoms with Crippen LogP contribution in [0.15, 0.2) is 18.2 Å². The van der Waals surface area contributed by atoms with Gasteiger partial charge in [0.05, 0.1) is 31.4 Å². The molecule has 0 aromatic heterocycles. The SMILES string of the molecule is CC(C)(NC=O)c1ccc(F)cc1Cl.OC[C@@H]1COCCN1. The minimum Gasteiger partial charge on any atom is -0.395 e. The molecule has 1 aromatic carbocycles. The van der Waals surface area contributed by atoms with Gasteiger partial charge in [-0.05, 0) is 31.5 Å². The standard InChI is InChI=1S/C10H11ClFNO.C5H11NO2/c1-10(2,13-6-14)8-4-3-7(12)5-9(8)11;7-3-5-4-8-2-1-6-5/h3-6H,1-2H3,(H,13,14);5-7H,1-4H2/t;5-/m.1/s1. The molecule has 3 N–H and O–H groups in total. The van der Waals surface area contributed by atoms with Crippen molar-refractivity contribution < 1.29 is 19.0 Å². The van der Waals surface area contributed by atoms with E-state index in [0.29, 0.717) is 23.6 Å². The molecule has 0 aliphatic carbocycles. The lowest BCUT2D eigenvalue weighted by atomic mass is 9.94. The van der Waals surface area contributed by atoms with Crippen molar-refractivity contribution in [3.05, 3.63) is 34.6 Å². The van der Waals surface area contributed by atoms with Crippen LogP contribution < -0.4 is 10.6 Å². The van der Waals surface area contributed by atoms with Crippen LogP contribution in [0.1, 0.15) is 19.4 Å². The Balaban J connectivity index is 0.000000255. The maximum absolute atomic E-state index is 12.7. The molecular weight excluding hydrogens is 311 g/mol. The van der Waals surface area contributed by atoms with Crippen molar-refractivity contribution in [3.8, 4) is 0 Å². The van der Waals surface area contributed by atoms with Crippen LogP contribution in [0.3, 0.4) is 0 Å². The second-order valence-corrected chi connectivity index (χ2v) is 5.83. The van der Waals surface area contributed by atoms with Crippen LogP contribution >= 0.6 is 11.6 Å². The van der Waals surface area contributed by atoms with Crippen molar-refractivity contribution in [2.45, 2.75) is 25.4 Å². The number of aliphatic hydroxyl groups is 1. The van der Waals surface area contributed by atoms with Crippen molar-refractivity contribution in [3.63, 3.8) is 0 Å². The summed E-state index contributed by atoms with van der Waals surface area (Å²) in [5.41, 5.74) is 0.0969. The van der Waals surface area contributed by atoms with Gasteiger partial charge in [0.15, 0.2) is 0 Å². The Labute approximate surface area is 134 Å². The number of ether oxygens (including phenoxy) is 1. The lowest BCUT2D eigenvalue weighted by Crippen LogP contribution is -2.43. The summed E-state index contributed by atoms with van der Waals surface area (Å²) in [6.45, 7) is 6.05. The molecule has 0 radical (unpaired) electrons. The second-order valence-electron chi connectivity index (χ2n) is 5.42. The Bertz CT molecular complexity index is 480. The van der Waals surface area contributed by atoms with Crippen LogP contribution in [0.2, 0.25) is 5.02 Å². The summed E-state index contributed by atoms with van der Waals surface area (Å²) in [7, 11) is 0. The Kier molecular flexibility index (Phi) is 7.75. The van der Waals surface area contributed by atoms with Gasteiger partial charge in [-0.25, -0.2) is 4.39 Å². The number of rotatable bonds is 4. The van der Waals surface area contributed by atoms with Gasteiger partial charge in [0.2, 0.25) is 6.41 Å². The van der Waals surface area contributed by atoms with Gasteiger partial charge in [-0.3, -0.25) is 4.79 Å². The predicted molar refractivity (Wildman–Crippen MR) is 83.3 cm³/mol. The molecule has 1 amide bonds. The molecule has 124 valence electrons. The molecular formula is C15H22ClFN2O3. The first kappa shape index (κ1) is 18.8. The lowest BCUT2D eigenvalue weighted by Gasteiger charge is -2.25. The fourth-order valence-electron chi connectivity index (χ4n) is 1.96. The largest absolute Gasteiger partial charge is 0.395 e. The average molecular weight is 333 g/mol. The van der Waals surface area contributed by atoms with E-state index in [-0.39, 0.29) is 18.5 Å². The number of benzene rings is 1. The van der Waals surface area contributed by atoms with Gasteiger partial charge in [-0.15, -0.1) is 0 Å². The van der Waals surface area contributed by atoms with Crippen molar-refractivity contribution in [2.75, 3.05) is 26.4 Å². The summed E-state index contributed by atoms with van der Waals surface area (Å²) in [5, 5.41) is 14.6. The topological polar surface area (TPSA) is 70.6 Å². The highest BCUT2D eigenvalue weighted by Gasteiger charge is 2.22. The molecule has 1 fully saturated rings. The van der Waals surface area contributed by atoms with E-state index >= 15 is 0 Å². The van der Waals surface area contributed by atoms with Gasteiger partial charge in [0.25, 0.3) is 0 Å². The van der Waals surface area contributed by atoms with Crippen LogP contribution in [0, 0.1) is 5.82 Å². The summed E-state index contributed by atoms with van der Waals surface area (Å²) in [6, 6.07) is 4.28. The number of morpholine rings is 1. The third-order valence-electron chi connectivity index (χ3n) is 3.24. The van der Waals surface area contributed by atoms with Crippen LogP contribution in [0.5, 0.6) is 0 Å². The van der Waals surface area contributed by atoms with Crippen LogP contribution in [0.25, 0.3) is 0 Å². The van der Waals surface area contributed by atoms with Gasteiger partial charge >= 0.3 is 0 Å². The quantitative estimate of drug-likeness (QED) is 0.729. The molecule has 2 rings (SSSR count). The molecule has 0 bridgehead atoms. The van der Waals surface area contributed by atoms with Crippen molar-refractivity contribution in [2.24, 2.45) is 0 Å². The van der Waals surface area contributed by atoms with Crippen LogP contribution in [0.4, 0.5) is 4.39 Å². The van der Waals surface area contributed by atoms with Crippen LogP contribution in [-0.2, 0) is 15.1 Å². The normalized spacial score (nSPS) is 18.1. The molecule has 0 unspecified atom stereocenters. The minimum absolute atomic E-state index is 0.170. The second kappa shape index (κ2) is 9.05. The molecule has 1 aromatic rings. The number of carbonyl (C=O) groups excluding carboxylic acids is 1. The smallest absolute Gasteiger partial charge is 0.207 e. The van der Waals surface area contributed by atoms with Crippen molar-refractivity contribution >= 4 is 18.0 Å². The Hall–Kier alpha value is -1.21. The monoisotopic (exact) mass is 332 g/mol. The zero-order chi connectivity index (χ0) is 16.6. The molecule has 5 nitrogen and oxygen atoms in total. The van der Waals surface area contributed by atoms with Crippen molar-refractivity contribution in [1.82, 2.24) is 10.6 Å². The Morgan fingerprint density at radius 2 is 2.32 bits per heavy atom. The lowest BCUT2D eigenvalue weighted by molar-refractivity contribution is -0.111. The number of hydrogen-bond donors (Lipinski definition) is 3. The molecule has 0 saturated carbocycles. The van der Waals surface area contributed by atoms with Gasteiger partial charge in [-0.2, -0.15) is 0 Å². The zero-order valence-corrected chi connectivity index (χ0v) is 13.5. The van der Waals surface area contributed by atoms with Gasteiger partial charge in [0.1, 0.15) is 5.82 Å². The van der Waals surface area contributed by atoms with E-state index in [1.165, 1.54) is 12.1 Å². The number of amides is 1. The van der Waals surface area contributed by atoms with E-state index < -0.39 is 5.54 Å². The molecule has 1 aliphatic heterocycles. The number of halogens is 2. The van der Waals surface area contributed by atoms with E-state index in [9.17, 15) is 9.18 Å². The summed E-state index contributed by atoms with van der Waals surface area (Å²) >= 11 is 5.85. The fourth-order valence-corrected chi connectivity index (χ4v) is 2.36. The molecule has 1 saturated heterocycles. The molecule has 0 spiro atoms. The third-order valence-corrected chi connectivity index (χ3v) is 3.56. The van der Waals surface area contributed by atoms with E-state index in [1.807, 2.05) is 0 Å². The highest BCUT2D eigenvalue weighted by molar-refractivity contribution is 6.31. The summed E-state index contributed by atoms with van der Waals surface area (Å²) in [4.78, 5) is 10.3. The van der Waals surface area contributed by atoms with E-state index in [4.69, 9.17) is 21.4 Å². The molecule has 22 heavy (non-hydrogen) atoms. The first-order chi connectivity index (χ1) is 10.4. The fraction of sp³-hybridized carbons (Fsp3) is 0.533. The van der Waals surface area contributed by atoms with Gasteiger partial charge in [-0.1, -0.05) is 17.7 Å². The highest BCUT2D eigenvalue weighted by Crippen LogP contribution is 2.27. The Morgan fingerprint density at radius 3 is 2.77 bits per heavy atom. The predicted octanol–water partition coefficient (Wildman–Crippen LogP) is 1.43. The maximum atomic E-state index is 12.7. The highest BCUT2D eigenvalue weighted by atomic mass is 35.5. The maximum Gasteiger partial charge on any atom is 0.207 e. The average Bonchev–Trinajstić information content (AvgIpc) is 2.48.